The summed E-state index contributed by atoms with van der Waals surface area (Å²) in [5.74, 6) is 0.0544. The average Bonchev–Trinajstić information content (AvgIpc) is 2.73. The second-order valence-corrected chi connectivity index (χ2v) is 3.53. The minimum atomic E-state index is -0.400. The number of aryl methyl sites for hydroxylation is 1. The van der Waals surface area contributed by atoms with E-state index in [0.29, 0.717) is 25.2 Å². The molecule has 2 heterocycles. The van der Waals surface area contributed by atoms with E-state index < -0.39 is 6.10 Å². The largest absolute Gasteiger partial charge is 0.391 e. The number of aliphatic hydroxyl groups excluding tert-OH is 1. The Kier molecular flexibility index (Phi) is 2.25. The molecule has 0 aliphatic carbocycles. The maximum Gasteiger partial charge on any atom is 0.292 e. The SMILES string of the molecule is Cc1cc(C(=O)N2CCC(O)C2)on1. The van der Waals surface area contributed by atoms with Gasteiger partial charge in [0.05, 0.1) is 11.8 Å². The number of hydrogen-bond acceptors (Lipinski definition) is 4. The van der Waals surface area contributed by atoms with Gasteiger partial charge in [-0.3, -0.25) is 4.79 Å². The van der Waals surface area contributed by atoms with Gasteiger partial charge in [0.15, 0.2) is 0 Å². The first-order chi connectivity index (χ1) is 6.66. The number of hydrogen-bond donors (Lipinski definition) is 1. The predicted octanol–water partition coefficient (Wildman–Crippen LogP) is 0.190. The summed E-state index contributed by atoms with van der Waals surface area (Å²) in [6.45, 7) is 2.73. The van der Waals surface area contributed by atoms with Gasteiger partial charge in [-0.25, -0.2) is 0 Å². The highest BCUT2D eigenvalue weighted by Crippen LogP contribution is 2.13. The maximum atomic E-state index is 11.7. The van der Waals surface area contributed by atoms with Crippen LogP contribution in [0.3, 0.4) is 0 Å². The lowest BCUT2D eigenvalue weighted by Gasteiger charge is -2.12. The summed E-state index contributed by atoms with van der Waals surface area (Å²) in [6, 6.07) is 1.60. The van der Waals surface area contributed by atoms with Crippen LogP contribution < -0.4 is 0 Å². The number of amides is 1. The zero-order chi connectivity index (χ0) is 10.1. The molecule has 5 heteroatoms. The molecular weight excluding hydrogens is 184 g/mol. The Morgan fingerprint density at radius 3 is 3.07 bits per heavy atom. The van der Waals surface area contributed by atoms with Crippen LogP contribution in [0.5, 0.6) is 0 Å². The van der Waals surface area contributed by atoms with Gasteiger partial charge in [0.25, 0.3) is 5.91 Å². The number of nitrogens with zero attached hydrogens (tertiary/aromatic N) is 2. The highest BCUT2D eigenvalue weighted by molar-refractivity contribution is 5.91. The van der Waals surface area contributed by atoms with Crippen molar-refractivity contribution in [3.63, 3.8) is 0 Å². The monoisotopic (exact) mass is 196 g/mol. The molecule has 1 atom stereocenters. The third kappa shape index (κ3) is 1.63. The van der Waals surface area contributed by atoms with Crippen LogP contribution in [0.25, 0.3) is 0 Å². The molecule has 14 heavy (non-hydrogen) atoms. The fraction of sp³-hybridized carbons (Fsp3) is 0.556. The van der Waals surface area contributed by atoms with E-state index in [4.69, 9.17) is 4.52 Å². The maximum absolute atomic E-state index is 11.7. The number of β-amino-alcohol motifs (C(OH)–C–C–N with tert-alkyl or cyclic N) is 1. The highest BCUT2D eigenvalue weighted by atomic mass is 16.5. The van der Waals surface area contributed by atoms with E-state index in [9.17, 15) is 9.90 Å². The summed E-state index contributed by atoms with van der Waals surface area (Å²) >= 11 is 0. The summed E-state index contributed by atoms with van der Waals surface area (Å²) in [5.41, 5.74) is 0.688. The minimum Gasteiger partial charge on any atom is -0.391 e. The molecule has 1 N–H and O–H groups in total. The van der Waals surface area contributed by atoms with Crippen LogP contribution in [-0.4, -0.2) is 40.3 Å². The molecule has 2 rings (SSSR count). The van der Waals surface area contributed by atoms with Crippen molar-refractivity contribution in [3.05, 3.63) is 17.5 Å². The third-order valence-corrected chi connectivity index (χ3v) is 2.29. The van der Waals surface area contributed by atoms with Gasteiger partial charge in [0, 0.05) is 19.2 Å². The van der Waals surface area contributed by atoms with Gasteiger partial charge in [-0.2, -0.15) is 0 Å². The molecular formula is C9H12N2O3. The molecule has 0 spiro atoms. The molecule has 76 valence electrons. The van der Waals surface area contributed by atoms with Crippen LogP contribution in [0.15, 0.2) is 10.6 Å². The summed E-state index contributed by atoms with van der Waals surface area (Å²) in [6.07, 6.45) is 0.238. The van der Waals surface area contributed by atoms with Crippen molar-refractivity contribution in [1.29, 1.82) is 0 Å². The molecule has 1 aliphatic rings. The van der Waals surface area contributed by atoms with Gasteiger partial charge in [0.1, 0.15) is 0 Å². The molecule has 1 aromatic heterocycles. The van der Waals surface area contributed by atoms with Crippen LogP contribution in [0.1, 0.15) is 22.7 Å². The Morgan fingerprint density at radius 2 is 2.57 bits per heavy atom. The number of aliphatic hydroxyl groups is 1. The molecule has 1 amide bonds. The van der Waals surface area contributed by atoms with Crippen molar-refractivity contribution in [2.75, 3.05) is 13.1 Å². The molecule has 1 saturated heterocycles. The van der Waals surface area contributed by atoms with E-state index in [1.54, 1.807) is 17.9 Å². The topological polar surface area (TPSA) is 66.6 Å². The van der Waals surface area contributed by atoms with Gasteiger partial charge in [-0.05, 0) is 13.3 Å². The Morgan fingerprint density at radius 1 is 1.79 bits per heavy atom. The van der Waals surface area contributed by atoms with E-state index in [1.807, 2.05) is 0 Å². The van der Waals surface area contributed by atoms with Gasteiger partial charge < -0.3 is 14.5 Å². The van der Waals surface area contributed by atoms with Gasteiger partial charge >= 0.3 is 0 Å². The second kappa shape index (κ2) is 3.42. The molecule has 1 aromatic rings. The minimum absolute atomic E-state index is 0.192. The zero-order valence-corrected chi connectivity index (χ0v) is 7.93. The summed E-state index contributed by atoms with van der Waals surface area (Å²) in [4.78, 5) is 13.3. The van der Waals surface area contributed by atoms with Crippen molar-refractivity contribution in [2.24, 2.45) is 0 Å². The third-order valence-electron chi connectivity index (χ3n) is 2.29. The predicted molar refractivity (Wildman–Crippen MR) is 47.8 cm³/mol. The van der Waals surface area contributed by atoms with E-state index in [0.717, 1.165) is 0 Å². The molecule has 1 unspecified atom stereocenters. The van der Waals surface area contributed by atoms with Crippen molar-refractivity contribution in [3.8, 4) is 0 Å². The van der Waals surface area contributed by atoms with Crippen molar-refractivity contribution < 1.29 is 14.4 Å². The lowest BCUT2D eigenvalue weighted by molar-refractivity contribution is 0.0724. The Balaban J connectivity index is 2.09. The Bertz CT molecular complexity index is 348. The normalized spacial score (nSPS) is 21.6. The number of aromatic nitrogens is 1. The fourth-order valence-corrected chi connectivity index (χ4v) is 1.55. The summed E-state index contributed by atoms with van der Waals surface area (Å²) < 4.78 is 4.85. The van der Waals surface area contributed by atoms with Crippen LogP contribution in [-0.2, 0) is 0 Å². The van der Waals surface area contributed by atoms with Crippen molar-refractivity contribution in [2.45, 2.75) is 19.4 Å². The standard InChI is InChI=1S/C9H12N2O3/c1-6-4-8(14-10-6)9(13)11-3-2-7(12)5-11/h4,7,12H,2-3,5H2,1H3. The van der Waals surface area contributed by atoms with E-state index in [-0.39, 0.29) is 11.7 Å². The number of rotatable bonds is 1. The fourth-order valence-electron chi connectivity index (χ4n) is 1.55. The van der Waals surface area contributed by atoms with Gasteiger partial charge in [0.2, 0.25) is 5.76 Å². The second-order valence-electron chi connectivity index (χ2n) is 3.53. The van der Waals surface area contributed by atoms with Crippen LogP contribution in [0, 0.1) is 6.92 Å². The molecule has 0 aromatic carbocycles. The quantitative estimate of drug-likeness (QED) is 0.696. The van der Waals surface area contributed by atoms with Gasteiger partial charge in [-0.1, -0.05) is 5.16 Å². The lowest BCUT2D eigenvalue weighted by Crippen LogP contribution is -2.29. The first-order valence-corrected chi connectivity index (χ1v) is 4.57. The Hall–Kier alpha value is -1.36. The highest BCUT2D eigenvalue weighted by Gasteiger charge is 2.27. The van der Waals surface area contributed by atoms with Crippen molar-refractivity contribution in [1.82, 2.24) is 10.1 Å². The van der Waals surface area contributed by atoms with Gasteiger partial charge in [-0.15, -0.1) is 0 Å². The molecule has 0 radical (unpaired) electrons. The first-order valence-electron chi connectivity index (χ1n) is 4.57. The smallest absolute Gasteiger partial charge is 0.292 e. The van der Waals surface area contributed by atoms with Crippen LogP contribution in [0.2, 0.25) is 0 Å². The molecule has 0 bridgehead atoms. The molecule has 1 aliphatic heterocycles. The van der Waals surface area contributed by atoms with E-state index in [2.05, 4.69) is 5.16 Å². The molecule has 0 saturated carbocycles. The van der Waals surface area contributed by atoms with E-state index in [1.165, 1.54) is 0 Å². The lowest BCUT2D eigenvalue weighted by atomic mass is 10.3. The number of likely N-dealkylation sites (tertiary alicyclic amines) is 1. The number of carbonyl (C=O) groups excluding carboxylic acids is 1. The summed E-state index contributed by atoms with van der Waals surface area (Å²) in [7, 11) is 0. The summed E-state index contributed by atoms with van der Waals surface area (Å²) in [5, 5.41) is 12.9. The van der Waals surface area contributed by atoms with Crippen molar-refractivity contribution >= 4 is 5.91 Å². The molecule has 1 fully saturated rings. The average molecular weight is 196 g/mol. The van der Waals surface area contributed by atoms with Crippen LogP contribution >= 0.6 is 0 Å². The molecule has 5 nitrogen and oxygen atoms in total. The number of carbonyl (C=O) groups is 1. The Labute approximate surface area is 81.3 Å². The van der Waals surface area contributed by atoms with Crippen LogP contribution in [0.4, 0.5) is 0 Å². The first kappa shape index (κ1) is 9.21. The zero-order valence-electron chi connectivity index (χ0n) is 7.93. The van der Waals surface area contributed by atoms with E-state index >= 15 is 0 Å².